The summed E-state index contributed by atoms with van der Waals surface area (Å²) < 4.78 is 0.993. The van der Waals surface area contributed by atoms with Crippen LogP contribution in [0.15, 0.2) is 10.7 Å². The van der Waals surface area contributed by atoms with Crippen molar-refractivity contribution in [3.05, 3.63) is 16.5 Å². The fraction of sp³-hybridized carbons (Fsp3) is 0.500. The van der Waals surface area contributed by atoms with Crippen molar-refractivity contribution in [2.45, 2.75) is 13.3 Å². The lowest BCUT2D eigenvalue weighted by atomic mass is 10.2. The van der Waals surface area contributed by atoms with Crippen LogP contribution >= 0.6 is 15.9 Å². The first kappa shape index (κ1) is 7.98. The average Bonchev–Trinajstić information content (AvgIpc) is 1.93. The van der Waals surface area contributed by atoms with Gasteiger partial charge in [-0.1, -0.05) is 0 Å². The summed E-state index contributed by atoms with van der Waals surface area (Å²) in [6, 6.07) is 0. The van der Waals surface area contributed by atoms with E-state index in [0.717, 1.165) is 29.2 Å². The first-order valence-corrected chi connectivity index (χ1v) is 4.81. The molecule has 0 atom stereocenters. The average molecular weight is 228 g/mol. The normalized spacial score (nSPS) is 16.0. The van der Waals surface area contributed by atoms with E-state index in [1.165, 1.54) is 6.42 Å². The third-order valence-electron chi connectivity index (χ3n) is 2.00. The Labute approximate surface area is 80.0 Å². The maximum absolute atomic E-state index is 4.36. The fourth-order valence-corrected chi connectivity index (χ4v) is 1.63. The van der Waals surface area contributed by atoms with Crippen LogP contribution in [0, 0.1) is 6.92 Å². The largest absolute Gasteiger partial charge is 0.355 e. The summed E-state index contributed by atoms with van der Waals surface area (Å²) in [6.45, 7) is 4.15. The molecule has 2 rings (SSSR count). The zero-order chi connectivity index (χ0) is 8.55. The molecule has 0 amide bonds. The predicted molar refractivity (Wildman–Crippen MR) is 51.3 cm³/mol. The SMILES string of the molecule is Cc1ncc(Br)c(N2CCC2)n1. The highest BCUT2D eigenvalue weighted by atomic mass is 79.9. The molecular weight excluding hydrogens is 218 g/mol. The second-order valence-corrected chi connectivity index (χ2v) is 3.78. The molecule has 0 aromatic carbocycles. The molecule has 0 saturated carbocycles. The Hall–Kier alpha value is -0.640. The van der Waals surface area contributed by atoms with Crippen molar-refractivity contribution in [2.75, 3.05) is 18.0 Å². The number of aryl methyl sites for hydroxylation is 1. The molecule has 4 heteroatoms. The second kappa shape index (κ2) is 3.01. The second-order valence-electron chi connectivity index (χ2n) is 2.93. The van der Waals surface area contributed by atoms with E-state index < -0.39 is 0 Å². The summed E-state index contributed by atoms with van der Waals surface area (Å²) in [5.41, 5.74) is 0. The van der Waals surface area contributed by atoms with Gasteiger partial charge in [0, 0.05) is 19.3 Å². The molecule has 64 valence electrons. The van der Waals surface area contributed by atoms with Crippen LogP contribution in [-0.2, 0) is 0 Å². The number of anilines is 1. The van der Waals surface area contributed by atoms with E-state index >= 15 is 0 Å². The summed E-state index contributed by atoms with van der Waals surface area (Å²) in [5, 5.41) is 0. The Balaban J connectivity index is 2.34. The Morgan fingerprint density at radius 1 is 1.50 bits per heavy atom. The molecule has 0 spiro atoms. The van der Waals surface area contributed by atoms with Gasteiger partial charge in [-0.3, -0.25) is 0 Å². The standard InChI is InChI=1S/C8H10BrN3/c1-6-10-5-7(9)8(11-6)12-3-2-4-12/h5H,2-4H2,1H3. The zero-order valence-corrected chi connectivity index (χ0v) is 8.50. The van der Waals surface area contributed by atoms with Gasteiger partial charge in [0.2, 0.25) is 0 Å². The minimum absolute atomic E-state index is 0.833. The lowest BCUT2D eigenvalue weighted by Crippen LogP contribution is -2.38. The van der Waals surface area contributed by atoms with Crippen LogP contribution in [-0.4, -0.2) is 23.1 Å². The monoisotopic (exact) mass is 227 g/mol. The van der Waals surface area contributed by atoms with Crippen LogP contribution in [0.2, 0.25) is 0 Å². The van der Waals surface area contributed by atoms with Crippen molar-refractivity contribution in [1.29, 1.82) is 0 Å². The predicted octanol–water partition coefficient (Wildman–Crippen LogP) is 1.76. The van der Waals surface area contributed by atoms with E-state index in [0.29, 0.717) is 0 Å². The van der Waals surface area contributed by atoms with Crippen LogP contribution < -0.4 is 4.90 Å². The van der Waals surface area contributed by atoms with E-state index in [2.05, 4.69) is 30.8 Å². The van der Waals surface area contributed by atoms with Gasteiger partial charge in [0.25, 0.3) is 0 Å². The van der Waals surface area contributed by atoms with Crippen molar-refractivity contribution >= 4 is 21.7 Å². The minimum atomic E-state index is 0.833. The number of nitrogens with zero attached hydrogens (tertiary/aromatic N) is 3. The highest BCUT2D eigenvalue weighted by Crippen LogP contribution is 2.26. The summed E-state index contributed by atoms with van der Waals surface area (Å²) in [5.74, 6) is 1.87. The molecule has 0 radical (unpaired) electrons. The zero-order valence-electron chi connectivity index (χ0n) is 6.92. The summed E-state index contributed by atoms with van der Waals surface area (Å²) in [6.07, 6.45) is 3.09. The van der Waals surface area contributed by atoms with Crippen LogP contribution in [0.4, 0.5) is 5.82 Å². The van der Waals surface area contributed by atoms with Crippen LogP contribution in [0.5, 0.6) is 0 Å². The maximum Gasteiger partial charge on any atom is 0.146 e. The fourth-order valence-electron chi connectivity index (χ4n) is 1.19. The molecule has 12 heavy (non-hydrogen) atoms. The molecule has 1 aromatic rings. The van der Waals surface area contributed by atoms with E-state index in [4.69, 9.17) is 0 Å². The van der Waals surface area contributed by atoms with E-state index in [-0.39, 0.29) is 0 Å². The lowest BCUT2D eigenvalue weighted by Gasteiger charge is -2.32. The molecule has 0 aliphatic carbocycles. The van der Waals surface area contributed by atoms with Crippen molar-refractivity contribution in [3.63, 3.8) is 0 Å². The van der Waals surface area contributed by atoms with Gasteiger partial charge in [-0.05, 0) is 29.3 Å². The van der Waals surface area contributed by atoms with Gasteiger partial charge in [0.05, 0.1) is 4.47 Å². The summed E-state index contributed by atoms with van der Waals surface area (Å²) >= 11 is 3.44. The van der Waals surface area contributed by atoms with Gasteiger partial charge in [-0.15, -0.1) is 0 Å². The van der Waals surface area contributed by atoms with E-state index in [1.54, 1.807) is 0 Å². The van der Waals surface area contributed by atoms with Crippen LogP contribution in [0.3, 0.4) is 0 Å². The topological polar surface area (TPSA) is 29.0 Å². The quantitative estimate of drug-likeness (QED) is 0.733. The van der Waals surface area contributed by atoms with Crippen molar-refractivity contribution in [1.82, 2.24) is 9.97 Å². The molecule has 0 bridgehead atoms. The third kappa shape index (κ3) is 1.31. The lowest BCUT2D eigenvalue weighted by molar-refractivity contribution is 0.606. The van der Waals surface area contributed by atoms with Crippen molar-refractivity contribution in [2.24, 2.45) is 0 Å². The molecule has 1 aliphatic rings. The molecule has 2 heterocycles. The van der Waals surface area contributed by atoms with Crippen molar-refractivity contribution < 1.29 is 0 Å². The molecule has 0 unspecified atom stereocenters. The first-order chi connectivity index (χ1) is 5.77. The Morgan fingerprint density at radius 3 is 2.83 bits per heavy atom. The highest BCUT2D eigenvalue weighted by Gasteiger charge is 2.18. The molecule has 1 aliphatic heterocycles. The third-order valence-corrected chi connectivity index (χ3v) is 2.56. The van der Waals surface area contributed by atoms with Crippen LogP contribution in [0.25, 0.3) is 0 Å². The first-order valence-electron chi connectivity index (χ1n) is 4.01. The van der Waals surface area contributed by atoms with Gasteiger partial charge >= 0.3 is 0 Å². The summed E-state index contributed by atoms with van der Waals surface area (Å²) in [4.78, 5) is 10.7. The Bertz CT molecular complexity index is 296. The van der Waals surface area contributed by atoms with Gasteiger partial charge in [-0.2, -0.15) is 0 Å². The Morgan fingerprint density at radius 2 is 2.25 bits per heavy atom. The van der Waals surface area contributed by atoms with Gasteiger partial charge in [-0.25, -0.2) is 9.97 Å². The maximum atomic E-state index is 4.36. The molecule has 0 N–H and O–H groups in total. The van der Waals surface area contributed by atoms with E-state index in [9.17, 15) is 0 Å². The summed E-state index contributed by atoms with van der Waals surface area (Å²) in [7, 11) is 0. The van der Waals surface area contributed by atoms with Gasteiger partial charge in [0.15, 0.2) is 0 Å². The highest BCUT2D eigenvalue weighted by molar-refractivity contribution is 9.10. The smallest absolute Gasteiger partial charge is 0.146 e. The van der Waals surface area contributed by atoms with Crippen LogP contribution in [0.1, 0.15) is 12.2 Å². The number of aromatic nitrogens is 2. The molecular formula is C8H10BrN3. The van der Waals surface area contributed by atoms with Crippen molar-refractivity contribution in [3.8, 4) is 0 Å². The molecule has 3 nitrogen and oxygen atoms in total. The number of hydrogen-bond donors (Lipinski definition) is 0. The van der Waals surface area contributed by atoms with E-state index in [1.807, 2.05) is 13.1 Å². The molecule has 1 fully saturated rings. The number of hydrogen-bond acceptors (Lipinski definition) is 3. The number of rotatable bonds is 1. The molecule has 1 saturated heterocycles. The van der Waals surface area contributed by atoms with Gasteiger partial charge in [0.1, 0.15) is 11.6 Å². The number of halogens is 1. The molecule has 1 aromatic heterocycles. The minimum Gasteiger partial charge on any atom is -0.355 e. The van der Waals surface area contributed by atoms with Gasteiger partial charge < -0.3 is 4.90 Å². The Kier molecular flexibility index (Phi) is 2.00.